The Hall–Kier alpha value is -3.16. The molecule has 2 amide bonds. The fourth-order valence-electron chi connectivity index (χ4n) is 3.73. The first-order valence-electron chi connectivity index (χ1n) is 9.52. The van der Waals surface area contributed by atoms with Crippen molar-refractivity contribution in [3.05, 3.63) is 41.9 Å². The van der Waals surface area contributed by atoms with Crippen LogP contribution in [0.25, 0.3) is 11.0 Å². The molecule has 2 aromatic heterocycles. The topological polar surface area (TPSA) is 105 Å². The van der Waals surface area contributed by atoms with Crippen LogP contribution >= 0.6 is 0 Å². The monoisotopic (exact) mass is 380 g/mol. The molecule has 0 aliphatic heterocycles. The van der Waals surface area contributed by atoms with Gasteiger partial charge in [0.15, 0.2) is 0 Å². The summed E-state index contributed by atoms with van der Waals surface area (Å²) in [6.45, 7) is 1.53. The van der Waals surface area contributed by atoms with Gasteiger partial charge in [0.1, 0.15) is 11.6 Å². The van der Waals surface area contributed by atoms with Crippen molar-refractivity contribution in [2.24, 2.45) is 7.05 Å². The molecule has 0 saturated heterocycles. The quantitative estimate of drug-likeness (QED) is 0.610. The zero-order chi connectivity index (χ0) is 19.7. The zero-order valence-electron chi connectivity index (χ0n) is 16.0. The Balaban J connectivity index is 1.29. The number of amides is 2. The van der Waals surface area contributed by atoms with E-state index in [9.17, 15) is 9.59 Å². The molecule has 1 aromatic carbocycles. The number of aromatic amines is 1. The summed E-state index contributed by atoms with van der Waals surface area (Å²) in [5.74, 6) is 1.73. The number of H-pyrrole nitrogens is 1. The first kappa shape index (κ1) is 18.2. The van der Waals surface area contributed by atoms with Gasteiger partial charge in [0, 0.05) is 44.8 Å². The summed E-state index contributed by atoms with van der Waals surface area (Å²) in [5, 5.41) is 13.0. The van der Waals surface area contributed by atoms with Crippen molar-refractivity contribution in [1.82, 2.24) is 25.1 Å². The van der Waals surface area contributed by atoms with Gasteiger partial charge in [-0.2, -0.15) is 5.10 Å². The van der Waals surface area contributed by atoms with Gasteiger partial charge in [-0.3, -0.25) is 14.7 Å². The van der Waals surface area contributed by atoms with Crippen LogP contribution in [0.3, 0.4) is 0 Å². The Kier molecular flexibility index (Phi) is 4.85. The zero-order valence-corrected chi connectivity index (χ0v) is 16.0. The molecule has 28 heavy (non-hydrogen) atoms. The predicted molar refractivity (Wildman–Crippen MR) is 106 cm³/mol. The highest BCUT2D eigenvalue weighted by atomic mass is 16.2. The second-order valence-electron chi connectivity index (χ2n) is 7.40. The Bertz CT molecular complexity index is 1010. The molecule has 4 rings (SSSR count). The predicted octanol–water partition coefficient (Wildman–Crippen LogP) is 2.25. The van der Waals surface area contributed by atoms with Crippen molar-refractivity contribution in [3.63, 3.8) is 0 Å². The molecule has 3 N–H and O–H groups in total. The maximum atomic E-state index is 12.3. The molecule has 0 unspecified atom stereocenters. The molecule has 1 aliphatic carbocycles. The highest BCUT2D eigenvalue weighted by Crippen LogP contribution is 2.36. The minimum atomic E-state index is -0.0769. The van der Waals surface area contributed by atoms with Gasteiger partial charge >= 0.3 is 0 Å². The molecule has 1 aliphatic rings. The lowest BCUT2D eigenvalue weighted by atomic mass is 9.78. The highest BCUT2D eigenvalue weighted by molar-refractivity contribution is 5.90. The van der Waals surface area contributed by atoms with E-state index >= 15 is 0 Å². The minimum absolute atomic E-state index is 0.000890. The van der Waals surface area contributed by atoms with Crippen LogP contribution in [0.4, 0.5) is 5.82 Å². The average Bonchev–Trinajstić information content (AvgIpc) is 3.21. The number of hydrogen-bond acceptors (Lipinski definition) is 4. The van der Waals surface area contributed by atoms with Crippen LogP contribution in [0.5, 0.6) is 0 Å². The molecule has 0 bridgehead atoms. The Morgan fingerprint density at radius 3 is 2.82 bits per heavy atom. The smallest absolute Gasteiger partial charge is 0.225 e. The lowest BCUT2D eigenvalue weighted by Gasteiger charge is -2.34. The largest absolute Gasteiger partial charge is 0.354 e. The molecule has 1 saturated carbocycles. The number of carbonyl (C=O) groups excluding carboxylic acids is 2. The molecule has 8 heteroatoms. The number of para-hydroxylation sites is 2. The molecule has 0 atom stereocenters. The summed E-state index contributed by atoms with van der Waals surface area (Å²) >= 11 is 0. The van der Waals surface area contributed by atoms with Gasteiger partial charge in [0.25, 0.3) is 0 Å². The normalized spacial score (nSPS) is 18.6. The van der Waals surface area contributed by atoms with E-state index in [1.807, 2.05) is 41.9 Å². The van der Waals surface area contributed by atoms with Crippen molar-refractivity contribution < 1.29 is 9.59 Å². The van der Waals surface area contributed by atoms with Crippen LogP contribution in [0.15, 0.2) is 30.3 Å². The van der Waals surface area contributed by atoms with E-state index in [1.165, 1.54) is 6.92 Å². The number of nitrogens with zero attached hydrogens (tertiary/aromatic N) is 3. The summed E-state index contributed by atoms with van der Waals surface area (Å²) < 4.78 is 2.03. The standard InChI is InChI=1S/C20H24N6O2/c1-12(27)21-14-9-13(10-14)16-11-18(25-24-16)23-20(28)8-7-19-22-15-5-3-4-6-17(15)26(19)2/h3-6,11,13-14H,7-10H2,1-2H3,(H,21,27)(H2,23,24,25,28)/t13-,14+. The van der Waals surface area contributed by atoms with Gasteiger partial charge in [0.05, 0.1) is 16.7 Å². The molecule has 3 aromatic rings. The van der Waals surface area contributed by atoms with Crippen molar-refractivity contribution in [2.75, 3.05) is 5.32 Å². The lowest BCUT2D eigenvalue weighted by Crippen LogP contribution is -2.42. The summed E-state index contributed by atoms with van der Waals surface area (Å²) in [5.41, 5.74) is 2.93. The first-order valence-corrected chi connectivity index (χ1v) is 9.52. The molecular formula is C20H24N6O2. The Morgan fingerprint density at radius 1 is 1.29 bits per heavy atom. The second-order valence-corrected chi connectivity index (χ2v) is 7.40. The first-order chi connectivity index (χ1) is 13.5. The third kappa shape index (κ3) is 3.76. The van der Waals surface area contributed by atoms with Crippen LogP contribution in [0.1, 0.15) is 43.6 Å². The molecule has 2 heterocycles. The summed E-state index contributed by atoms with van der Waals surface area (Å²) in [4.78, 5) is 28.0. The molecule has 1 fully saturated rings. The summed E-state index contributed by atoms with van der Waals surface area (Å²) in [6, 6.07) is 10.0. The number of carbonyl (C=O) groups is 2. The third-order valence-corrected chi connectivity index (χ3v) is 5.29. The number of aromatic nitrogens is 4. The van der Waals surface area contributed by atoms with Gasteiger partial charge in [-0.05, 0) is 25.0 Å². The van der Waals surface area contributed by atoms with Crippen LogP contribution in [-0.2, 0) is 23.1 Å². The van der Waals surface area contributed by atoms with Gasteiger partial charge in [0.2, 0.25) is 11.8 Å². The van der Waals surface area contributed by atoms with E-state index in [4.69, 9.17) is 0 Å². The summed E-state index contributed by atoms with van der Waals surface area (Å²) in [6.07, 6.45) is 2.67. The lowest BCUT2D eigenvalue weighted by molar-refractivity contribution is -0.120. The van der Waals surface area contributed by atoms with Crippen molar-refractivity contribution in [2.45, 2.75) is 44.6 Å². The number of hydrogen-bond donors (Lipinski definition) is 3. The average molecular weight is 380 g/mol. The minimum Gasteiger partial charge on any atom is -0.354 e. The number of anilines is 1. The third-order valence-electron chi connectivity index (χ3n) is 5.29. The van der Waals surface area contributed by atoms with E-state index in [2.05, 4.69) is 25.8 Å². The van der Waals surface area contributed by atoms with E-state index in [0.717, 1.165) is 35.4 Å². The van der Waals surface area contributed by atoms with Crippen LogP contribution in [0, 0.1) is 0 Å². The van der Waals surface area contributed by atoms with E-state index in [-0.39, 0.29) is 17.9 Å². The highest BCUT2D eigenvalue weighted by Gasteiger charge is 2.32. The molecular weight excluding hydrogens is 356 g/mol. The number of nitrogens with one attached hydrogen (secondary N) is 3. The molecule has 0 spiro atoms. The molecule has 146 valence electrons. The maximum Gasteiger partial charge on any atom is 0.225 e. The molecule has 8 nitrogen and oxygen atoms in total. The number of benzene rings is 1. The molecule has 0 radical (unpaired) electrons. The van der Waals surface area contributed by atoms with Crippen LogP contribution < -0.4 is 10.6 Å². The fourth-order valence-corrected chi connectivity index (χ4v) is 3.73. The number of rotatable bonds is 6. The van der Waals surface area contributed by atoms with Crippen LogP contribution in [-0.4, -0.2) is 37.6 Å². The Labute approximate surface area is 162 Å². The van der Waals surface area contributed by atoms with E-state index in [1.54, 1.807) is 0 Å². The summed E-state index contributed by atoms with van der Waals surface area (Å²) in [7, 11) is 1.97. The second kappa shape index (κ2) is 7.46. The number of imidazole rings is 1. The SMILES string of the molecule is CC(=O)N[C@H]1C[C@@H](c2cc(NC(=O)CCc3nc4ccccc4n3C)[nH]n2)C1. The number of fused-ring (bicyclic) bond motifs is 1. The van der Waals surface area contributed by atoms with E-state index in [0.29, 0.717) is 24.6 Å². The van der Waals surface area contributed by atoms with Crippen LogP contribution in [0.2, 0.25) is 0 Å². The fraction of sp³-hybridized carbons (Fsp3) is 0.400. The Morgan fingerprint density at radius 2 is 2.07 bits per heavy atom. The van der Waals surface area contributed by atoms with Gasteiger partial charge in [-0.1, -0.05) is 12.1 Å². The van der Waals surface area contributed by atoms with Gasteiger partial charge < -0.3 is 15.2 Å². The van der Waals surface area contributed by atoms with Crippen molar-refractivity contribution in [3.8, 4) is 0 Å². The van der Waals surface area contributed by atoms with Crippen molar-refractivity contribution >= 4 is 28.7 Å². The van der Waals surface area contributed by atoms with E-state index < -0.39 is 0 Å². The number of aryl methyl sites for hydroxylation is 2. The van der Waals surface area contributed by atoms with Gasteiger partial charge in [-0.25, -0.2) is 4.98 Å². The van der Waals surface area contributed by atoms with Crippen molar-refractivity contribution in [1.29, 1.82) is 0 Å². The van der Waals surface area contributed by atoms with Gasteiger partial charge in [-0.15, -0.1) is 0 Å². The maximum absolute atomic E-state index is 12.3.